The second-order valence-electron chi connectivity index (χ2n) is 3.41. The molecule has 0 aromatic carbocycles. The molecule has 0 saturated carbocycles. The van der Waals surface area contributed by atoms with E-state index < -0.39 is 0 Å². The van der Waals surface area contributed by atoms with E-state index in [1.54, 1.807) is 0 Å². The molecule has 13 heavy (non-hydrogen) atoms. The standard InChI is InChI=1S/C9H20N2O2/c1-4-8(12)5-6-10-9(13)11-7(2)3/h7-8,12H,4-6H2,1-3H3,(H2,10,11,13). The van der Waals surface area contributed by atoms with Crippen molar-refractivity contribution in [3.63, 3.8) is 0 Å². The molecule has 4 heteroatoms. The summed E-state index contributed by atoms with van der Waals surface area (Å²) in [6.45, 7) is 6.24. The van der Waals surface area contributed by atoms with Crippen molar-refractivity contribution in [2.75, 3.05) is 6.54 Å². The van der Waals surface area contributed by atoms with E-state index in [0.717, 1.165) is 6.42 Å². The van der Waals surface area contributed by atoms with Crippen LogP contribution in [0.3, 0.4) is 0 Å². The van der Waals surface area contributed by atoms with Gasteiger partial charge >= 0.3 is 6.03 Å². The molecule has 2 amide bonds. The van der Waals surface area contributed by atoms with E-state index in [0.29, 0.717) is 13.0 Å². The number of aliphatic hydroxyl groups is 1. The first-order valence-electron chi connectivity index (χ1n) is 4.78. The largest absolute Gasteiger partial charge is 0.393 e. The first kappa shape index (κ1) is 12.2. The molecule has 78 valence electrons. The maximum atomic E-state index is 11.0. The molecular formula is C9H20N2O2. The van der Waals surface area contributed by atoms with Crippen LogP contribution < -0.4 is 10.6 Å². The van der Waals surface area contributed by atoms with E-state index in [1.807, 2.05) is 20.8 Å². The molecular weight excluding hydrogens is 168 g/mol. The highest BCUT2D eigenvalue weighted by molar-refractivity contribution is 5.73. The third kappa shape index (κ3) is 7.59. The fraction of sp³-hybridized carbons (Fsp3) is 0.889. The molecule has 0 heterocycles. The van der Waals surface area contributed by atoms with Gasteiger partial charge in [0.2, 0.25) is 0 Å². The van der Waals surface area contributed by atoms with Gasteiger partial charge in [0.1, 0.15) is 0 Å². The number of nitrogens with one attached hydrogen (secondary N) is 2. The predicted octanol–water partition coefficient (Wildman–Crippen LogP) is 0.855. The third-order valence-corrected chi connectivity index (χ3v) is 1.65. The van der Waals surface area contributed by atoms with E-state index in [-0.39, 0.29) is 18.2 Å². The molecule has 0 aliphatic heterocycles. The highest BCUT2D eigenvalue weighted by Gasteiger charge is 2.03. The average molecular weight is 188 g/mol. The lowest BCUT2D eigenvalue weighted by molar-refractivity contribution is 0.160. The summed E-state index contributed by atoms with van der Waals surface area (Å²) in [4.78, 5) is 11.0. The van der Waals surface area contributed by atoms with E-state index >= 15 is 0 Å². The van der Waals surface area contributed by atoms with Gasteiger partial charge in [-0.3, -0.25) is 0 Å². The first-order chi connectivity index (χ1) is 6.06. The summed E-state index contributed by atoms with van der Waals surface area (Å²) in [5.41, 5.74) is 0. The van der Waals surface area contributed by atoms with Crippen LogP contribution in [0.25, 0.3) is 0 Å². The molecule has 3 N–H and O–H groups in total. The smallest absolute Gasteiger partial charge is 0.314 e. The molecule has 1 atom stereocenters. The molecule has 0 radical (unpaired) electrons. The van der Waals surface area contributed by atoms with Gasteiger partial charge in [-0.25, -0.2) is 4.79 Å². The summed E-state index contributed by atoms with van der Waals surface area (Å²) in [6.07, 6.45) is 1.04. The Hall–Kier alpha value is -0.770. The molecule has 0 rings (SSSR count). The van der Waals surface area contributed by atoms with Gasteiger partial charge in [0.15, 0.2) is 0 Å². The van der Waals surface area contributed by atoms with Crippen molar-refractivity contribution in [1.29, 1.82) is 0 Å². The van der Waals surface area contributed by atoms with E-state index in [4.69, 9.17) is 0 Å². The molecule has 1 unspecified atom stereocenters. The van der Waals surface area contributed by atoms with Crippen LogP contribution in [0.5, 0.6) is 0 Å². The van der Waals surface area contributed by atoms with Gasteiger partial charge in [0, 0.05) is 12.6 Å². The lowest BCUT2D eigenvalue weighted by Crippen LogP contribution is -2.40. The van der Waals surface area contributed by atoms with Gasteiger partial charge in [0.05, 0.1) is 6.10 Å². The van der Waals surface area contributed by atoms with Gasteiger partial charge < -0.3 is 15.7 Å². The number of amides is 2. The number of carbonyl (C=O) groups excluding carboxylic acids is 1. The van der Waals surface area contributed by atoms with Crippen molar-refractivity contribution >= 4 is 6.03 Å². The molecule has 0 aliphatic rings. The summed E-state index contributed by atoms with van der Waals surface area (Å²) in [5.74, 6) is 0. The van der Waals surface area contributed by atoms with Crippen LogP contribution in [0.2, 0.25) is 0 Å². The minimum Gasteiger partial charge on any atom is -0.393 e. The van der Waals surface area contributed by atoms with Gasteiger partial charge in [-0.1, -0.05) is 6.92 Å². The lowest BCUT2D eigenvalue weighted by atomic mass is 10.2. The van der Waals surface area contributed by atoms with Crippen molar-refractivity contribution in [1.82, 2.24) is 10.6 Å². The number of aliphatic hydroxyl groups excluding tert-OH is 1. The summed E-state index contributed by atoms with van der Waals surface area (Å²) >= 11 is 0. The number of hydrogen-bond donors (Lipinski definition) is 3. The van der Waals surface area contributed by atoms with Crippen molar-refractivity contribution in [3.05, 3.63) is 0 Å². The van der Waals surface area contributed by atoms with Crippen LogP contribution in [0.15, 0.2) is 0 Å². The molecule has 0 aromatic heterocycles. The van der Waals surface area contributed by atoms with Crippen molar-refractivity contribution in [2.45, 2.75) is 45.8 Å². The Morgan fingerprint density at radius 1 is 1.46 bits per heavy atom. The van der Waals surface area contributed by atoms with Crippen LogP contribution in [-0.2, 0) is 0 Å². The molecule has 0 aliphatic carbocycles. The fourth-order valence-electron chi connectivity index (χ4n) is 0.870. The summed E-state index contributed by atoms with van der Waals surface area (Å²) in [6, 6.07) is -0.0191. The maximum absolute atomic E-state index is 11.0. The van der Waals surface area contributed by atoms with E-state index in [2.05, 4.69) is 10.6 Å². The van der Waals surface area contributed by atoms with Gasteiger partial charge in [0.25, 0.3) is 0 Å². The number of urea groups is 1. The lowest BCUT2D eigenvalue weighted by Gasteiger charge is -2.11. The second-order valence-corrected chi connectivity index (χ2v) is 3.41. The maximum Gasteiger partial charge on any atom is 0.314 e. The van der Waals surface area contributed by atoms with Crippen LogP contribution in [0, 0.1) is 0 Å². The molecule has 0 saturated heterocycles. The molecule has 0 aromatic rings. The topological polar surface area (TPSA) is 61.4 Å². The predicted molar refractivity (Wildman–Crippen MR) is 52.6 cm³/mol. The normalized spacial score (nSPS) is 12.7. The quantitative estimate of drug-likeness (QED) is 0.599. The van der Waals surface area contributed by atoms with Gasteiger partial charge in [-0.15, -0.1) is 0 Å². The molecule has 0 bridgehead atoms. The zero-order valence-electron chi connectivity index (χ0n) is 8.63. The Bertz CT molecular complexity index is 149. The minimum atomic E-state index is -0.306. The van der Waals surface area contributed by atoms with Crippen molar-refractivity contribution in [3.8, 4) is 0 Å². The Labute approximate surface area is 79.7 Å². The second kappa shape index (κ2) is 6.71. The van der Waals surface area contributed by atoms with Gasteiger partial charge in [-0.05, 0) is 26.7 Å². The number of carbonyl (C=O) groups is 1. The summed E-state index contributed by atoms with van der Waals surface area (Å²) in [7, 11) is 0. The Balaban J connectivity index is 3.37. The van der Waals surface area contributed by atoms with E-state index in [1.165, 1.54) is 0 Å². The van der Waals surface area contributed by atoms with Crippen LogP contribution in [0.4, 0.5) is 4.79 Å². The van der Waals surface area contributed by atoms with E-state index in [9.17, 15) is 9.90 Å². The summed E-state index contributed by atoms with van der Waals surface area (Å²) < 4.78 is 0. The van der Waals surface area contributed by atoms with Crippen molar-refractivity contribution in [2.24, 2.45) is 0 Å². The zero-order chi connectivity index (χ0) is 10.3. The highest BCUT2D eigenvalue weighted by atomic mass is 16.3. The fourth-order valence-corrected chi connectivity index (χ4v) is 0.870. The van der Waals surface area contributed by atoms with Crippen LogP contribution in [0.1, 0.15) is 33.6 Å². The Morgan fingerprint density at radius 3 is 2.54 bits per heavy atom. The monoisotopic (exact) mass is 188 g/mol. The van der Waals surface area contributed by atoms with Crippen LogP contribution in [-0.4, -0.2) is 29.8 Å². The SMILES string of the molecule is CCC(O)CCNC(=O)NC(C)C. The zero-order valence-corrected chi connectivity index (χ0v) is 8.63. The van der Waals surface area contributed by atoms with Crippen LogP contribution >= 0.6 is 0 Å². The highest BCUT2D eigenvalue weighted by Crippen LogP contribution is 1.93. The minimum absolute atomic E-state index is 0.149. The Morgan fingerprint density at radius 2 is 2.08 bits per heavy atom. The third-order valence-electron chi connectivity index (χ3n) is 1.65. The molecule has 0 fully saturated rings. The number of hydrogen-bond acceptors (Lipinski definition) is 2. The molecule has 0 spiro atoms. The number of rotatable bonds is 5. The Kier molecular flexibility index (Phi) is 6.32. The molecule has 4 nitrogen and oxygen atoms in total. The van der Waals surface area contributed by atoms with Crippen molar-refractivity contribution < 1.29 is 9.90 Å². The average Bonchev–Trinajstić information content (AvgIpc) is 2.02. The first-order valence-corrected chi connectivity index (χ1v) is 4.78. The van der Waals surface area contributed by atoms with Gasteiger partial charge in [-0.2, -0.15) is 0 Å². The summed E-state index contributed by atoms with van der Waals surface area (Å²) in [5, 5.41) is 14.6.